The molecule has 1 saturated carbocycles. The summed E-state index contributed by atoms with van der Waals surface area (Å²) in [6.45, 7) is 4.46. The molecule has 1 amide bonds. The molecule has 1 saturated heterocycles. The van der Waals surface area contributed by atoms with Crippen molar-refractivity contribution in [2.24, 2.45) is 5.92 Å². The number of amides is 1. The molecule has 2 aliphatic heterocycles. The first-order valence-corrected chi connectivity index (χ1v) is 12.1. The monoisotopic (exact) mass is 460 g/mol. The molecule has 182 valence electrons. The minimum atomic E-state index is -0.779. The summed E-state index contributed by atoms with van der Waals surface area (Å²) < 4.78 is 16.2. The number of hydrogen-bond acceptors (Lipinski definition) is 8. The molecule has 3 heterocycles. The minimum Gasteiger partial charge on any atom is -0.467 e. The van der Waals surface area contributed by atoms with Crippen LogP contribution in [0.15, 0.2) is 12.1 Å². The summed E-state index contributed by atoms with van der Waals surface area (Å²) in [7, 11) is 1.31. The van der Waals surface area contributed by atoms with Crippen LogP contribution in [0, 0.1) is 5.92 Å². The maximum absolute atomic E-state index is 12.1. The van der Waals surface area contributed by atoms with Gasteiger partial charge in [0.15, 0.2) is 0 Å². The van der Waals surface area contributed by atoms with Crippen LogP contribution in [0.3, 0.4) is 0 Å². The molecule has 2 fully saturated rings. The highest BCUT2D eigenvalue weighted by Gasteiger charge is 2.37. The normalized spacial score (nSPS) is 23.7. The molecule has 0 radical (unpaired) electrons. The number of carbonyl (C=O) groups excluding carboxylic acids is 2. The van der Waals surface area contributed by atoms with Crippen molar-refractivity contribution >= 4 is 17.9 Å². The molecular weight excluding hydrogens is 424 g/mol. The number of esters is 1. The van der Waals surface area contributed by atoms with Gasteiger partial charge in [0.1, 0.15) is 17.5 Å². The third-order valence-electron chi connectivity index (χ3n) is 6.83. The van der Waals surface area contributed by atoms with Gasteiger partial charge < -0.3 is 30.2 Å². The van der Waals surface area contributed by atoms with Gasteiger partial charge in [-0.25, -0.2) is 14.6 Å². The molecule has 0 aromatic carbocycles. The van der Waals surface area contributed by atoms with E-state index in [1.54, 1.807) is 0 Å². The first-order valence-electron chi connectivity index (χ1n) is 12.1. The highest BCUT2D eigenvalue weighted by Crippen LogP contribution is 2.34. The summed E-state index contributed by atoms with van der Waals surface area (Å²) >= 11 is 0. The fourth-order valence-corrected chi connectivity index (χ4v) is 4.59. The van der Waals surface area contributed by atoms with E-state index in [0.717, 1.165) is 50.2 Å². The van der Waals surface area contributed by atoms with Crippen molar-refractivity contribution in [2.45, 2.75) is 69.6 Å². The third-order valence-corrected chi connectivity index (χ3v) is 6.83. The number of aryl methyl sites for hydroxylation is 2. The van der Waals surface area contributed by atoms with Crippen LogP contribution >= 0.6 is 0 Å². The molecule has 9 nitrogen and oxygen atoms in total. The highest BCUT2D eigenvalue weighted by atomic mass is 16.6. The lowest BCUT2D eigenvalue weighted by Crippen LogP contribution is -2.61. The summed E-state index contributed by atoms with van der Waals surface area (Å²) in [4.78, 5) is 29.0. The third kappa shape index (κ3) is 6.35. The molecule has 1 aliphatic carbocycles. The summed E-state index contributed by atoms with van der Waals surface area (Å²) in [6.07, 6.45) is 6.37. The highest BCUT2D eigenvalue weighted by molar-refractivity contribution is 5.81. The number of alkyl carbamates (subject to hydrolysis) is 1. The fourth-order valence-electron chi connectivity index (χ4n) is 4.59. The zero-order valence-corrected chi connectivity index (χ0v) is 19.7. The van der Waals surface area contributed by atoms with Gasteiger partial charge >= 0.3 is 12.1 Å². The van der Waals surface area contributed by atoms with Crippen molar-refractivity contribution in [1.29, 1.82) is 0 Å². The number of nitrogens with zero attached hydrogens (tertiary/aromatic N) is 1. The van der Waals surface area contributed by atoms with Gasteiger partial charge in [-0.15, -0.1) is 0 Å². The van der Waals surface area contributed by atoms with Crippen LogP contribution < -0.4 is 16.0 Å². The van der Waals surface area contributed by atoms with Crippen molar-refractivity contribution in [2.75, 3.05) is 38.7 Å². The number of aromatic nitrogens is 1. The first-order chi connectivity index (χ1) is 15.9. The fraction of sp³-hybridized carbons (Fsp3) is 0.708. The van der Waals surface area contributed by atoms with Crippen LogP contribution in [0.2, 0.25) is 0 Å². The molecule has 1 unspecified atom stereocenters. The van der Waals surface area contributed by atoms with E-state index in [2.05, 4.69) is 28.1 Å². The van der Waals surface area contributed by atoms with Crippen LogP contribution in [0.25, 0.3) is 0 Å². The van der Waals surface area contributed by atoms with Gasteiger partial charge in [0, 0.05) is 38.4 Å². The van der Waals surface area contributed by atoms with Crippen molar-refractivity contribution in [3.8, 4) is 0 Å². The van der Waals surface area contributed by atoms with Crippen molar-refractivity contribution < 1.29 is 23.8 Å². The number of fused-ring (bicyclic) bond motifs is 1. The Kier molecular flexibility index (Phi) is 7.70. The van der Waals surface area contributed by atoms with E-state index >= 15 is 0 Å². The molecule has 1 atom stereocenters. The Hall–Kier alpha value is -2.39. The SMILES string of the molecule is COC(=O)C(CCO[C@H]1C[C@H](CCc2ccc3c(n2)NCCC3)C1)NC(=O)OC1(C)CNC1. The number of hydrogen-bond donors (Lipinski definition) is 3. The van der Waals surface area contributed by atoms with Crippen LogP contribution in [-0.4, -0.2) is 68.1 Å². The summed E-state index contributed by atoms with van der Waals surface area (Å²) in [5, 5.41) is 9.08. The molecule has 1 aromatic rings. The molecule has 0 bridgehead atoms. The van der Waals surface area contributed by atoms with Crippen LogP contribution in [0.5, 0.6) is 0 Å². The van der Waals surface area contributed by atoms with Gasteiger partial charge in [-0.3, -0.25) is 0 Å². The second kappa shape index (κ2) is 10.7. The Bertz CT molecular complexity index is 838. The second-order valence-electron chi connectivity index (χ2n) is 9.66. The van der Waals surface area contributed by atoms with Crippen molar-refractivity contribution in [3.63, 3.8) is 0 Å². The average Bonchev–Trinajstić information content (AvgIpc) is 2.77. The number of ether oxygens (including phenoxy) is 3. The lowest BCUT2D eigenvalue weighted by molar-refractivity contribution is -0.144. The van der Waals surface area contributed by atoms with Crippen LogP contribution in [0.4, 0.5) is 10.6 Å². The van der Waals surface area contributed by atoms with Gasteiger partial charge in [-0.1, -0.05) is 6.07 Å². The summed E-state index contributed by atoms with van der Waals surface area (Å²) in [5.41, 5.74) is 1.95. The quantitative estimate of drug-likeness (QED) is 0.456. The standard InChI is InChI=1S/C24H36N4O5/c1-24(14-25-15-24)33-23(30)28-20(22(29)31-2)9-11-32-19-12-16(13-19)5-7-18-8-6-17-4-3-10-26-21(17)27-18/h6,8,16,19-20,25H,3-5,7,9-15H2,1-2H3,(H,26,27)(H,28,30)/t16-,19-,20?. The lowest BCUT2D eigenvalue weighted by Gasteiger charge is -2.38. The van der Waals surface area contributed by atoms with Gasteiger partial charge in [0.2, 0.25) is 0 Å². The minimum absolute atomic E-state index is 0.207. The van der Waals surface area contributed by atoms with Gasteiger partial charge in [0.25, 0.3) is 0 Å². The summed E-state index contributed by atoms with van der Waals surface area (Å²) in [5.74, 6) is 1.21. The van der Waals surface area contributed by atoms with Crippen LogP contribution in [0.1, 0.15) is 50.3 Å². The first kappa shape index (κ1) is 23.8. The van der Waals surface area contributed by atoms with Crippen molar-refractivity contribution in [3.05, 3.63) is 23.4 Å². The molecule has 0 spiro atoms. The second-order valence-corrected chi connectivity index (χ2v) is 9.66. The van der Waals surface area contributed by atoms with Crippen LogP contribution in [-0.2, 0) is 31.8 Å². The van der Waals surface area contributed by atoms with E-state index in [0.29, 0.717) is 32.0 Å². The Morgan fingerprint density at radius 2 is 2.12 bits per heavy atom. The molecule has 4 rings (SSSR count). The Morgan fingerprint density at radius 1 is 1.30 bits per heavy atom. The van der Waals surface area contributed by atoms with Gasteiger partial charge in [0.05, 0.1) is 13.2 Å². The smallest absolute Gasteiger partial charge is 0.408 e. The maximum Gasteiger partial charge on any atom is 0.408 e. The summed E-state index contributed by atoms with van der Waals surface area (Å²) in [6, 6.07) is 3.59. The van der Waals surface area contributed by atoms with Gasteiger partial charge in [-0.2, -0.15) is 0 Å². The topological polar surface area (TPSA) is 111 Å². The number of carbonyl (C=O) groups is 2. The molecule has 1 aromatic heterocycles. The predicted molar refractivity (Wildman–Crippen MR) is 123 cm³/mol. The average molecular weight is 461 g/mol. The van der Waals surface area contributed by atoms with Crippen molar-refractivity contribution in [1.82, 2.24) is 15.6 Å². The zero-order chi connectivity index (χ0) is 23.3. The van der Waals surface area contributed by atoms with E-state index in [1.807, 2.05) is 6.92 Å². The molecular formula is C24H36N4O5. The number of nitrogens with one attached hydrogen (secondary N) is 3. The Morgan fingerprint density at radius 3 is 2.85 bits per heavy atom. The van der Waals surface area contributed by atoms with E-state index < -0.39 is 23.7 Å². The number of pyridine rings is 1. The zero-order valence-electron chi connectivity index (χ0n) is 19.7. The number of methoxy groups -OCH3 is 1. The predicted octanol–water partition coefficient (Wildman–Crippen LogP) is 2.19. The molecule has 3 aliphatic rings. The van der Waals surface area contributed by atoms with E-state index in [-0.39, 0.29) is 6.10 Å². The Labute approximate surface area is 195 Å². The number of rotatable bonds is 10. The Balaban J connectivity index is 1.12. The van der Waals surface area contributed by atoms with E-state index in [4.69, 9.17) is 19.2 Å². The largest absolute Gasteiger partial charge is 0.467 e. The van der Waals surface area contributed by atoms with E-state index in [9.17, 15) is 9.59 Å². The van der Waals surface area contributed by atoms with E-state index in [1.165, 1.54) is 19.1 Å². The maximum atomic E-state index is 12.1. The van der Waals surface area contributed by atoms with Gasteiger partial charge in [-0.05, 0) is 63.0 Å². The number of anilines is 1. The molecule has 3 N–H and O–H groups in total. The molecule has 9 heteroatoms. The molecule has 33 heavy (non-hydrogen) atoms. The lowest BCUT2D eigenvalue weighted by atomic mass is 9.79.